The normalized spacial score (nSPS) is 22.3. The van der Waals surface area contributed by atoms with Crippen molar-refractivity contribution in [2.75, 3.05) is 7.11 Å². The zero-order valence-corrected chi connectivity index (χ0v) is 21.2. The van der Waals surface area contributed by atoms with Crippen molar-refractivity contribution in [3.05, 3.63) is 53.6 Å². The van der Waals surface area contributed by atoms with Crippen molar-refractivity contribution in [1.29, 1.82) is 0 Å². The third kappa shape index (κ3) is 5.36. The van der Waals surface area contributed by atoms with E-state index in [0.29, 0.717) is 11.3 Å². The molecule has 0 aromatic heterocycles. The molecule has 8 heteroatoms. The first-order valence-electron chi connectivity index (χ1n) is 9.82. The molecule has 3 atom stereocenters. The molecule has 0 radical (unpaired) electrons. The first kappa shape index (κ1) is 23.9. The van der Waals surface area contributed by atoms with Gasteiger partial charge >= 0.3 is 37.4 Å². The van der Waals surface area contributed by atoms with Crippen molar-refractivity contribution >= 4 is 31.4 Å². The minimum atomic E-state index is -4.55. The Hall–Kier alpha value is -0.720. The van der Waals surface area contributed by atoms with Gasteiger partial charge in [-0.1, -0.05) is 55.8 Å². The molecule has 2 aromatic carbocycles. The van der Waals surface area contributed by atoms with Crippen LogP contribution in [-0.4, -0.2) is 13.2 Å². The molecule has 1 aliphatic heterocycles. The SMILES string of the molecule is COc1cccc2c1Sc1ccccc1C=C2OP(=O)([O-])OC1CCCCC1C.[Na+]. The molecule has 30 heavy (non-hydrogen) atoms. The van der Waals surface area contributed by atoms with Crippen LogP contribution in [0.25, 0.3) is 11.8 Å². The molecule has 1 heterocycles. The third-order valence-electron chi connectivity index (χ3n) is 5.39. The Kier molecular flexibility index (Phi) is 8.19. The zero-order valence-electron chi connectivity index (χ0n) is 17.5. The number of phosphoric ester groups is 1. The molecule has 154 valence electrons. The fourth-order valence-corrected chi connectivity index (χ4v) is 6.04. The summed E-state index contributed by atoms with van der Waals surface area (Å²) in [6, 6.07) is 13.3. The van der Waals surface area contributed by atoms with E-state index in [-0.39, 0.29) is 47.3 Å². The molecule has 1 aliphatic carbocycles. The van der Waals surface area contributed by atoms with Gasteiger partial charge < -0.3 is 18.7 Å². The van der Waals surface area contributed by atoms with Crippen LogP contribution >= 0.6 is 19.6 Å². The molecular formula is C22H24NaO5PS. The Balaban J connectivity index is 0.00000256. The summed E-state index contributed by atoms with van der Waals surface area (Å²) in [4.78, 5) is 14.6. The standard InChI is InChI=1S/C22H25O5PS.Na/c1-15-8-3-5-11-18(15)26-28(23,24)27-20-14-16-9-4-6-13-21(16)29-22-17(20)10-7-12-19(22)25-2;/h4,6-7,9-10,12-15,18H,3,5,8,11H2,1-2H3,(H,23,24);/q;+1/p-1. The Morgan fingerprint density at radius 3 is 2.63 bits per heavy atom. The van der Waals surface area contributed by atoms with E-state index in [0.717, 1.165) is 41.0 Å². The van der Waals surface area contributed by atoms with Crippen LogP contribution in [0.3, 0.4) is 0 Å². The van der Waals surface area contributed by atoms with Gasteiger partial charge in [-0.05, 0) is 48.6 Å². The second kappa shape index (κ2) is 10.3. The molecule has 0 N–H and O–H groups in total. The van der Waals surface area contributed by atoms with E-state index in [1.807, 2.05) is 49.4 Å². The van der Waals surface area contributed by atoms with E-state index >= 15 is 0 Å². The predicted octanol–water partition coefficient (Wildman–Crippen LogP) is 2.74. The molecule has 1 fully saturated rings. The maximum atomic E-state index is 12.8. The summed E-state index contributed by atoms with van der Waals surface area (Å²) in [5, 5.41) is 0. The summed E-state index contributed by atoms with van der Waals surface area (Å²) in [7, 11) is -2.95. The second-order valence-corrected chi connectivity index (χ2v) is 9.77. The van der Waals surface area contributed by atoms with Crippen LogP contribution in [-0.2, 0) is 13.6 Å². The zero-order chi connectivity index (χ0) is 20.4. The van der Waals surface area contributed by atoms with E-state index in [1.165, 1.54) is 11.8 Å². The van der Waals surface area contributed by atoms with E-state index < -0.39 is 7.82 Å². The molecule has 5 nitrogen and oxygen atoms in total. The Labute approximate surface area is 204 Å². The molecule has 2 aliphatic rings. The van der Waals surface area contributed by atoms with Crippen LogP contribution in [0.2, 0.25) is 0 Å². The number of phosphoric acid groups is 1. The van der Waals surface area contributed by atoms with Crippen molar-refractivity contribution in [1.82, 2.24) is 0 Å². The van der Waals surface area contributed by atoms with Gasteiger partial charge in [-0.2, -0.15) is 0 Å². The summed E-state index contributed by atoms with van der Waals surface area (Å²) < 4.78 is 29.4. The molecular weight excluding hydrogens is 430 g/mol. The van der Waals surface area contributed by atoms with Crippen molar-refractivity contribution in [3.8, 4) is 5.75 Å². The molecule has 4 rings (SSSR count). The van der Waals surface area contributed by atoms with Gasteiger partial charge in [-0.3, -0.25) is 4.57 Å². The fourth-order valence-electron chi connectivity index (χ4n) is 3.82. The van der Waals surface area contributed by atoms with Gasteiger partial charge in [0.1, 0.15) is 11.5 Å². The topological polar surface area (TPSA) is 67.8 Å². The van der Waals surface area contributed by atoms with Gasteiger partial charge in [-0.15, -0.1) is 0 Å². The maximum absolute atomic E-state index is 12.8. The average Bonchev–Trinajstić information content (AvgIpc) is 2.85. The average molecular weight is 454 g/mol. The van der Waals surface area contributed by atoms with Gasteiger partial charge in [0.05, 0.1) is 18.1 Å². The number of fused-ring (bicyclic) bond motifs is 2. The molecule has 3 unspecified atom stereocenters. The van der Waals surface area contributed by atoms with Gasteiger partial charge in [-0.25, -0.2) is 0 Å². The van der Waals surface area contributed by atoms with Crippen LogP contribution in [0.1, 0.15) is 43.7 Å². The van der Waals surface area contributed by atoms with Gasteiger partial charge in [0.2, 0.25) is 0 Å². The summed E-state index contributed by atoms with van der Waals surface area (Å²) >= 11 is 1.53. The molecule has 0 spiro atoms. The van der Waals surface area contributed by atoms with Crippen molar-refractivity contribution in [2.24, 2.45) is 5.92 Å². The van der Waals surface area contributed by atoms with Crippen molar-refractivity contribution in [2.45, 2.75) is 48.5 Å². The Morgan fingerprint density at radius 1 is 1.10 bits per heavy atom. The number of ether oxygens (including phenoxy) is 1. The molecule has 0 amide bonds. The van der Waals surface area contributed by atoms with Crippen LogP contribution in [0.4, 0.5) is 0 Å². The summed E-state index contributed by atoms with van der Waals surface area (Å²) in [5.74, 6) is 1.11. The molecule has 1 saturated carbocycles. The Morgan fingerprint density at radius 2 is 1.87 bits per heavy atom. The molecule has 0 saturated heterocycles. The van der Waals surface area contributed by atoms with Gasteiger partial charge in [0.25, 0.3) is 0 Å². The quantitative estimate of drug-likeness (QED) is 0.511. The molecule has 0 bridgehead atoms. The predicted molar refractivity (Wildman–Crippen MR) is 113 cm³/mol. The maximum Gasteiger partial charge on any atom is 1.00 e. The number of hydrogen-bond acceptors (Lipinski definition) is 6. The van der Waals surface area contributed by atoms with Gasteiger partial charge in [0.15, 0.2) is 0 Å². The van der Waals surface area contributed by atoms with Crippen LogP contribution in [0.15, 0.2) is 52.3 Å². The van der Waals surface area contributed by atoms with Crippen LogP contribution in [0.5, 0.6) is 5.75 Å². The monoisotopic (exact) mass is 454 g/mol. The fraction of sp³-hybridized carbons (Fsp3) is 0.364. The van der Waals surface area contributed by atoms with Crippen molar-refractivity contribution < 1.29 is 52.8 Å². The first-order valence-corrected chi connectivity index (χ1v) is 12.1. The van der Waals surface area contributed by atoms with Crippen LogP contribution in [0, 0.1) is 5.92 Å². The van der Waals surface area contributed by atoms with E-state index in [4.69, 9.17) is 13.8 Å². The smallest absolute Gasteiger partial charge is 0.746 e. The van der Waals surface area contributed by atoms with Crippen molar-refractivity contribution in [3.63, 3.8) is 0 Å². The first-order chi connectivity index (χ1) is 14.0. The van der Waals surface area contributed by atoms with E-state index in [2.05, 4.69) is 0 Å². The van der Waals surface area contributed by atoms with E-state index in [1.54, 1.807) is 13.2 Å². The number of benzene rings is 2. The number of methoxy groups -OCH3 is 1. The van der Waals surface area contributed by atoms with E-state index in [9.17, 15) is 9.46 Å². The minimum absolute atomic E-state index is 0. The third-order valence-corrected chi connectivity index (χ3v) is 7.56. The van der Waals surface area contributed by atoms with Crippen LogP contribution < -0.4 is 39.2 Å². The molecule has 2 aromatic rings. The Bertz CT molecular complexity index is 980. The van der Waals surface area contributed by atoms with Gasteiger partial charge in [0, 0.05) is 10.5 Å². The minimum Gasteiger partial charge on any atom is -0.746 e. The summed E-state index contributed by atoms with van der Waals surface area (Å²) in [6.45, 7) is 2.03. The summed E-state index contributed by atoms with van der Waals surface area (Å²) in [6.07, 6.45) is 5.21. The largest absolute Gasteiger partial charge is 1.00 e. The summed E-state index contributed by atoms with van der Waals surface area (Å²) in [5.41, 5.74) is 1.55. The number of hydrogen-bond donors (Lipinski definition) is 0. The number of rotatable bonds is 5. The second-order valence-electron chi connectivity index (χ2n) is 7.43.